The number of hydrogen-bond donors (Lipinski definition) is 1. The van der Waals surface area contributed by atoms with E-state index in [0.717, 1.165) is 0 Å². The van der Waals surface area contributed by atoms with Crippen molar-refractivity contribution in [1.82, 2.24) is 0 Å². The predicted molar refractivity (Wildman–Crippen MR) is 47.4 cm³/mol. The molecule has 1 rings (SSSR count). The van der Waals surface area contributed by atoms with Gasteiger partial charge in [-0.2, -0.15) is 0 Å². The van der Waals surface area contributed by atoms with Crippen LogP contribution in [0, 0.1) is 5.92 Å². The van der Waals surface area contributed by atoms with Gasteiger partial charge in [0, 0.05) is 12.5 Å². The number of hydrogen-bond acceptors (Lipinski definition) is 1. The average molecular weight is 154 g/mol. The van der Waals surface area contributed by atoms with E-state index in [4.69, 9.17) is 5.11 Å². The summed E-state index contributed by atoms with van der Waals surface area (Å²) in [5.74, 6) is 0.501. The molecule has 1 unspecified atom stereocenters. The monoisotopic (exact) mass is 154 g/mol. The molecule has 1 N–H and O–H groups in total. The molecule has 0 amide bonds. The molecule has 0 spiro atoms. The maximum atomic E-state index is 8.99. The molecule has 0 aromatic carbocycles. The van der Waals surface area contributed by atoms with Crippen LogP contribution in [0.3, 0.4) is 0 Å². The van der Waals surface area contributed by atoms with Crippen molar-refractivity contribution >= 4 is 0 Å². The lowest BCUT2D eigenvalue weighted by Crippen LogP contribution is -2.04. The van der Waals surface area contributed by atoms with E-state index in [1.165, 1.54) is 37.7 Å². The molecule has 0 bridgehead atoms. The van der Waals surface area contributed by atoms with Crippen molar-refractivity contribution in [3.05, 3.63) is 11.6 Å². The average Bonchev–Trinajstić information content (AvgIpc) is 2.47. The molecule has 0 heterocycles. The fraction of sp³-hybridized carbons (Fsp3) is 0.800. The van der Waals surface area contributed by atoms with Gasteiger partial charge in [0.15, 0.2) is 0 Å². The number of aliphatic hydroxyl groups excluding tert-OH is 1. The van der Waals surface area contributed by atoms with Crippen LogP contribution in [0.25, 0.3) is 0 Å². The number of allylic oxidation sites excluding steroid dienone is 1. The van der Waals surface area contributed by atoms with Gasteiger partial charge >= 0.3 is 0 Å². The Kier molecular flexibility index (Phi) is 3.64. The SMILES string of the molecule is CCCCC1=CCCC1CO. The van der Waals surface area contributed by atoms with Crippen LogP contribution >= 0.6 is 0 Å². The highest BCUT2D eigenvalue weighted by molar-refractivity contribution is 5.12. The lowest BCUT2D eigenvalue weighted by molar-refractivity contribution is 0.243. The third kappa shape index (κ3) is 2.33. The van der Waals surface area contributed by atoms with Gasteiger partial charge in [-0.25, -0.2) is 0 Å². The van der Waals surface area contributed by atoms with E-state index in [1.54, 1.807) is 0 Å². The van der Waals surface area contributed by atoms with E-state index < -0.39 is 0 Å². The summed E-state index contributed by atoms with van der Waals surface area (Å²) in [6.45, 7) is 2.57. The molecule has 1 nitrogen and oxygen atoms in total. The summed E-state index contributed by atoms with van der Waals surface area (Å²) in [5, 5.41) is 8.99. The minimum atomic E-state index is 0.357. The van der Waals surface area contributed by atoms with E-state index in [9.17, 15) is 0 Å². The Morgan fingerprint density at radius 3 is 3.09 bits per heavy atom. The zero-order valence-electron chi connectivity index (χ0n) is 7.34. The molecular weight excluding hydrogens is 136 g/mol. The Labute approximate surface area is 69.1 Å². The Morgan fingerprint density at radius 1 is 1.64 bits per heavy atom. The summed E-state index contributed by atoms with van der Waals surface area (Å²) in [6, 6.07) is 0. The van der Waals surface area contributed by atoms with Crippen LogP contribution in [-0.2, 0) is 0 Å². The Morgan fingerprint density at radius 2 is 2.45 bits per heavy atom. The first-order chi connectivity index (χ1) is 5.38. The Bertz CT molecular complexity index is 138. The summed E-state index contributed by atoms with van der Waals surface area (Å²) < 4.78 is 0. The third-order valence-corrected chi connectivity index (χ3v) is 2.49. The molecule has 1 heteroatoms. The molecule has 0 aromatic heterocycles. The highest BCUT2D eigenvalue weighted by Crippen LogP contribution is 2.28. The summed E-state index contributed by atoms with van der Waals surface area (Å²) in [4.78, 5) is 0. The van der Waals surface area contributed by atoms with E-state index in [0.29, 0.717) is 12.5 Å². The molecule has 0 saturated carbocycles. The number of aliphatic hydroxyl groups is 1. The van der Waals surface area contributed by atoms with Crippen molar-refractivity contribution in [2.75, 3.05) is 6.61 Å². The number of rotatable bonds is 4. The summed E-state index contributed by atoms with van der Waals surface area (Å²) in [7, 11) is 0. The van der Waals surface area contributed by atoms with Gasteiger partial charge in [-0.15, -0.1) is 0 Å². The second-order valence-corrected chi connectivity index (χ2v) is 3.34. The van der Waals surface area contributed by atoms with Gasteiger partial charge in [-0.1, -0.05) is 25.0 Å². The van der Waals surface area contributed by atoms with Crippen LogP contribution in [0.4, 0.5) is 0 Å². The van der Waals surface area contributed by atoms with Crippen molar-refractivity contribution < 1.29 is 5.11 Å². The Hall–Kier alpha value is -0.300. The topological polar surface area (TPSA) is 20.2 Å². The lowest BCUT2D eigenvalue weighted by Gasteiger charge is -2.10. The van der Waals surface area contributed by atoms with E-state index in [2.05, 4.69) is 13.0 Å². The van der Waals surface area contributed by atoms with Crippen molar-refractivity contribution in [1.29, 1.82) is 0 Å². The summed E-state index contributed by atoms with van der Waals surface area (Å²) in [5.41, 5.74) is 1.51. The molecule has 0 radical (unpaired) electrons. The van der Waals surface area contributed by atoms with Crippen LogP contribution in [0.1, 0.15) is 39.0 Å². The van der Waals surface area contributed by atoms with E-state index in [-0.39, 0.29) is 0 Å². The zero-order valence-corrected chi connectivity index (χ0v) is 7.34. The highest BCUT2D eigenvalue weighted by Gasteiger charge is 2.16. The minimum Gasteiger partial charge on any atom is -0.396 e. The third-order valence-electron chi connectivity index (χ3n) is 2.49. The highest BCUT2D eigenvalue weighted by atomic mass is 16.3. The van der Waals surface area contributed by atoms with Crippen molar-refractivity contribution in [3.8, 4) is 0 Å². The number of unbranched alkanes of at least 4 members (excludes halogenated alkanes) is 1. The summed E-state index contributed by atoms with van der Waals surface area (Å²) in [6.07, 6.45) is 8.43. The molecule has 0 saturated heterocycles. The van der Waals surface area contributed by atoms with Crippen LogP contribution in [-0.4, -0.2) is 11.7 Å². The van der Waals surface area contributed by atoms with E-state index >= 15 is 0 Å². The van der Waals surface area contributed by atoms with Crippen LogP contribution in [0.5, 0.6) is 0 Å². The standard InChI is InChI=1S/C10H18O/c1-2-3-5-9-6-4-7-10(9)8-11/h6,10-11H,2-5,7-8H2,1H3. The van der Waals surface area contributed by atoms with Crippen LogP contribution < -0.4 is 0 Å². The molecular formula is C10H18O. The van der Waals surface area contributed by atoms with Gasteiger partial charge < -0.3 is 5.11 Å². The molecule has 0 aromatic rings. The van der Waals surface area contributed by atoms with Gasteiger partial charge in [0.05, 0.1) is 0 Å². The van der Waals surface area contributed by atoms with Gasteiger partial charge in [0.1, 0.15) is 0 Å². The fourth-order valence-corrected chi connectivity index (χ4v) is 1.72. The fourth-order valence-electron chi connectivity index (χ4n) is 1.72. The van der Waals surface area contributed by atoms with Crippen LogP contribution in [0.2, 0.25) is 0 Å². The maximum absolute atomic E-state index is 8.99. The smallest absolute Gasteiger partial charge is 0.0496 e. The molecule has 1 aliphatic rings. The lowest BCUT2D eigenvalue weighted by atomic mass is 9.98. The Balaban J connectivity index is 2.30. The maximum Gasteiger partial charge on any atom is 0.0496 e. The second kappa shape index (κ2) is 4.55. The second-order valence-electron chi connectivity index (χ2n) is 3.34. The van der Waals surface area contributed by atoms with Crippen molar-refractivity contribution in [2.45, 2.75) is 39.0 Å². The predicted octanol–water partition coefficient (Wildman–Crippen LogP) is 2.51. The van der Waals surface area contributed by atoms with Gasteiger partial charge in [0.2, 0.25) is 0 Å². The molecule has 1 atom stereocenters. The summed E-state index contributed by atoms with van der Waals surface area (Å²) >= 11 is 0. The normalized spacial score (nSPS) is 23.8. The van der Waals surface area contributed by atoms with E-state index in [1.807, 2.05) is 0 Å². The molecule has 0 fully saturated rings. The van der Waals surface area contributed by atoms with Crippen molar-refractivity contribution in [3.63, 3.8) is 0 Å². The zero-order chi connectivity index (χ0) is 8.10. The molecule has 64 valence electrons. The van der Waals surface area contributed by atoms with Crippen LogP contribution in [0.15, 0.2) is 11.6 Å². The van der Waals surface area contributed by atoms with Gasteiger partial charge in [-0.05, 0) is 25.7 Å². The first-order valence-electron chi connectivity index (χ1n) is 4.68. The van der Waals surface area contributed by atoms with Gasteiger partial charge in [-0.3, -0.25) is 0 Å². The first-order valence-corrected chi connectivity index (χ1v) is 4.68. The molecule has 11 heavy (non-hydrogen) atoms. The largest absolute Gasteiger partial charge is 0.396 e. The molecule has 0 aliphatic heterocycles. The first kappa shape index (κ1) is 8.79. The molecule has 1 aliphatic carbocycles. The van der Waals surface area contributed by atoms with Crippen molar-refractivity contribution in [2.24, 2.45) is 5.92 Å². The minimum absolute atomic E-state index is 0.357. The quantitative estimate of drug-likeness (QED) is 0.617. The van der Waals surface area contributed by atoms with Gasteiger partial charge in [0.25, 0.3) is 0 Å².